The van der Waals surface area contributed by atoms with Gasteiger partial charge in [0.05, 0.1) is 24.2 Å². The van der Waals surface area contributed by atoms with Gasteiger partial charge >= 0.3 is 5.76 Å². The lowest BCUT2D eigenvalue weighted by molar-refractivity contribution is -0.0727. The molecule has 1 atom stereocenters. The summed E-state index contributed by atoms with van der Waals surface area (Å²) in [6.45, 7) is 1.20. The van der Waals surface area contributed by atoms with Crippen molar-refractivity contribution in [1.82, 2.24) is 15.0 Å². The molecular formula is C15H12FN3O4. The summed E-state index contributed by atoms with van der Waals surface area (Å²) in [5, 5.41) is 0. The summed E-state index contributed by atoms with van der Waals surface area (Å²) < 4.78 is 29.4. The second-order valence-electron chi connectivity index (χ2n) is 5.15. The first-order valence-electron chi connectivity index (χ1n) is 7.09. The first-order valence-corrected chi connectivity index (χ1v) is 7.09. The van der Waals surface area contributed by atoms with Crippen molar-refractivity contribution in [3.05, 3.63) is 40.9 Å². The lowest BCUT2D eigenvalue weighted by Crippen LogP contribution is -2.32. The highest BCUT2D eigenvalue weighted by molar-refractivity contribution is 5.88. The lowest BCUT2D eigenvalue weighted by atomic mass is 10.1. The van der Waals surface area contributed by atoms with Gasteiger partial charge in [-0.2, -0.15) is 0 Å². The Morgan fingerprint density at radius 2 is 2.22 bits per heavy atom. The van der Waals surface area contributed by atoms with Gasteiger partial charge in [0, 0.05) is 18.6 Å². The van der Waals surface area contributed by atoms with Crippen molar-refractivity contribution in [3.8, 4) is 17.1 Å². The third kappa shape index (κ3) is 2.57. The molecule has 0 amide bonds. The SMILES string of the molecule is O=c1[nH]c2c(F)ccc(-c3cnc(OCC4CCO4)cn3)c2o1. The van der Waals surface area contributed by atoms with Crippen LogP contribution in [0.4, 0.5) is 4.39 Å². The van der Waals surface area contributed by atoms with E-state index in [0.717, 1.165) is 13.0 Å². The Morgan fingerprint density at radius 3 is 2.91 bits per heavy atom. The molecule has 0 bridgehead atoms. The predicted octanol–water partition coefficient (Wildman–Crippen LogP) is 1.88. The third-order valence-electron chi connectivity index (χ3n) is 3.64. The topological polar surface area (TPSA) is 90.2 Å². The summed E-state index contributed by atoms with van der Waals surface area (Å²) in [6, 6.07) is 2.73. The fraction of sp³-hybridized carbons (Fsp3) is 0.267. The number of H-pyrrole nitrogens is 1. The van der Waals surface area contributed by atoms with Gasteiger partial charge < -0.3 is 13.9 Å². The molecule has 0 radical (unpaired) electrons. The molecule has 3 aromatic rings. The van der Waals surface area contributed by atoms with Crippen molar-refractivity contribution in [2.75, 3.05) is 13.2 Å². The molecular weight excluding hydrogens is 305 g/mol. The van der Waals surface area contributed by atoms with Crippen LogP contribution < -0.4 is 10.5 Å². The van der Waals surface area contributed by atoms with Gasteiger partial charge in [-0.25, -0.2) is 19.2 Å². The van der Waals surface area contributed by atoms with Crippen LogP contribution in [0.5, 0.6) is 5.88 Å². The van der Waals surface area contributed by atoms with E-state index >= 15 is 0 Å². The number of oxazole rings is 1. The zero-order chi connectivity index (χ0) is 15.8. The van der Waals surface area contributed by atoms with E-state index in [1.165, 1.54) is 24.5 Å². The Balaban J connectivity index is 1.62. The number of fused-ring (bicyclic) bond motifs is 1. The van der Waals surface area contributed by atoms with Gasteiger partial charge in [-0.3, -0.25) is 4.98 Å². The van der Waals surface area contributed by atoms with Crippen molar-refractivity contribution in [2.24, 2.45) is 0 Å². The van der Waals surface area contributed by atoms with Gasteiger partial charge in [0.1, 0.15) is 12.1 Å². The highest BCUT2D eigenvalue weighted by Crippen LogP contribution is 2.27. The van der Waals surface area contributed by atoms with Crippen LogP contribution in [0.2, 0.25) is 0 Å². The van der Waals surface area contributed by atoms with Crippen LogP contribution in [-0.2, 0) is 4.74 Å². The first kappa shape index (κ1) is 13.9. The zero-order valence-corrected chi connectivity index (χ0v) is 11.9. The molecule has 1 fully saturated rings. The number of hydrogen-bond donors (Lipinski definition) is 1. The molecule has 8 heteroatoms. The van der Waals surface area contributed by atoms with E-state index in [9.17, 15) is 9.18 Å². The molecule has 23 heavy (non-hydrogen) atoms. The number of nitrogens with one attached hydrogen (secondary N) is 1. The minimum Gasteiger partial charge on any atom is -0.474 e. The van der Waals surface area contributed by atoms with Crippen molar-refractivity contribution in [1.29, 1.82) is 0 Å². The van der Waals surface area contributed by atoms with Crippen LogP contribution in [0.25, 0.3) is 22.4 Å². The standard InChI is InChI=1S/C15H12FN3O4/c16-10-2-1-9(14-13(10)19-15(20)23-14)11-5-18-12(6-17-11)22-7-8-3-4-21-8/h1-2,5-6,8H,3-4,7H2,(H,19,20). The summed E-state index contributed by atoms with van der Waals surface area (Å²) in [5.41, 5.74) is 1.05. The molecule has 1 saturated heterocycles. The molecule has 118 valence electrons. The van der Waals surface area contributed by atoms with Crippen LogP contribution in [0.1, 0.15) is 6.42 Å². The molecule has 1 aliphatic heterocycles. The summed E-state index contributed by atoms with van der Waals surface area (Å²) >= 11 is 0. The largest absolute Gasteiger partial charge is 0.474 e. The van der Waals surface area contributed by atoms with E-state index in [4.69, 9.17) is 13.9 Å². The number of hydrogen-bond acceptors (Lipinski definition) is 6. The van der Waals surface area contributed by atoms with Crippen molar-refractivity contribution in [3.63, 3.8) is 0 Å². The van der Waals surface area contributed by atoms with Crippen LogP contribution in [-0.4, -0.2) is 34.3 Å². The maximum absolute atomic E-state index is 13.7. The number of rotatable bonds is 4. The van der Waals surface area contributed by atoms with Crippen molar-refractivity contribution < 1.29 is 18.3 Å². The molecule has 0 aliphatic carbocycles. The second-order valence-corrected chi connectivity index (χ2v) is 5.15. The lowest BCUT2D eigenvalue weighted by Gasteiger charge is -2.25. The molecule has 7 nitrogen and oxygen atoms in total. The quantitative estimate of drug-likeness (QED) is 0.790. The van der Waals surface area contributed by atoms with E-state index in [1.54, 1.807) is 0 Å². The van der Waals surface area contributed by atoms with Gasteiger partial charge in [0.2, 0.25) is 5.88 Å². The van der Waals surface area contributed by atoms with Crippen LogP contribution in [0.15, 0.2) is 33.7 Å². The fourth-order valence-corrected chi connectivity index (χ4v) is 2.33. The fourth-order valence-electron chi connectivity index (χ4n) is 2.33. The Bertz CT molecular complexity index is 899. The Morgan fingerprint density at radius 1 is 1.35 bits per heavy atom. The van der Waals surface area contributed by atoms with Gasteiger partial charge in [-0.15, -0.1) is 0 Å². The van der Waals surface area contributed by atoms with Gasteiger partial charge in [0.25, 0.3) is 0 Å². The van der Waals surface area contributed by atoms with E-state index in [1.807, 2.05) is 0 Å². The highest BCUT2D eigenvalue weighted by Gasteiger charge is 2.19. The number of aromatic nitrogens is 3. The van der Waals surface area contributed by atoms with Crippen LogP contribution in [0, 0.1) is 5.82 Å². The van der Waals surface area contributed by atoms with Crippen molar-refractivity contribution >= 4 is 11.1 Å². The zero-order valence-electron chi connectivity index (χ0n) is 11.9. The maximum Gasteiger partial charge on any atom is 0.417 e. The molecule has 4 rings (SSSR count). The van der Waals surface area contributed by atoms with Gasteiger partial charge in [-0.05, 0) is 12.1 Å². The maximum atomic E-state index is 13.7. The van der Waals surface area contributed by atoms with Crippen molar-refractivity contribution in [2.45, 2.75) is 12.5 Å². The molecule has 0 spiro atoms. The summed E-state index contributed by atoms with van der Waals surface area (Å²) in [5.74, 6) is -0.916. The number of nitrogens with zero attached hydrogens (tertiary/aromatic N) is 2. The first-order chi connectivity index (χ1) is 11.2. The normalized spacial score (nSPS) is 17.2. The Kier molecular flexibility index (Phi) is 3.30. The van der Waals surface area contributed by atoms with E-state index in [2.05, 4.69) is 15.0 Å². The summed E-state index contributed by atoms with van der Waals surface area (Å²) in [6.07, 6.45) is 4.04. The molecule has 1 aromatic carbocycles. The average molecular weight is 317 g/mol. The van der Waals surface area contributed by atoms with E-state index in [-0.39, 0.29) is 17.2 Å². The summed E-state index contributed by atoms with van der Waals surface area (Å²) in [4.78, 5) is 22.0. The Hall–Kier alpha value is -2.74. The smallest absolute Gasteiger partial charge is 0.417 e. The summed E-state index contributed by atoms with van der Waals surface area (Å²) in [7, 11) is 0. The van der Waals surface area contributed by atoms with E-state index < -0.39 is 11.6 Å². The van der Waals surface area contributed by atoms with Crippen LogP contribution in [0.3, 0.4) is 0 Å². The average Bonchev–Trinajstić information content (AvgIpc) is 2.89. The Labute approximate surface area is 129 Å². The highest BCUT2D eigenvalue weighted by atomic mass is 19.1. The molecule has 3 heterocycles. The van der Waals surface area contributed by atoms with E-state index in [0.29, 0.717) is 23.7 Å². The monoisotopic (exact) mass is 317 g/mol. The predicted molar refractivity (Wildman–Crippen MR) is 77.7 cm³/mol. The van der Waals surface area contributed by atoms with Gasteiger partial charge in [-0.1, -0.05) is 0 Å². The minimum atomic E-state index is -0.722. The molecule has 1 aliphatic rings. The number of ether oxygens (including phenoxy) is 2. The second kappa shape index (κ2) is 5.47. The molecule has 1 N–H and O–H groups in total. The number of aromatic amines is 1. The molecule has 2 aromatic heterocycles. The van der Waals surface area contributed by atoms with Crippen LogP contribution >= 0.6 is 0 Å². The third-order valence-corrected chi connectivity index (χ3v) is 3.64. The molecule has 0 saturated carbocycles. The number of benzene rings is 1. The van der Waals surface area contributed by atoms with Gasteiger partial charge in [0.15, 0.2) is 11.4 Å². The minimum absolute atomic E-state index is 0.0109. The molecule has 1 unspecified atom stereocenters. The number of halogens is 1.